The summed E-state index contributed by atoms with van der Waals surface area (Å²) in [4.78, 5) is 0.182. The quantitative estimate of drug-likeness (QED) is 0.832. The summed E-state index contributed by atoms with van der Waals surface area (Å²) in [5.74, 6) is 2.44. The Hall–Kier alpha value is -2.00. The van der Waals surface area contributed by atoms with Gasteiger partial charge in [-0.3, -0.25) is 0 Å². The van der Waals surface area contributed by atoms with E-state index in [2.05, 4.69) is 20.2 Å². The van der Waals surface area contributed by atoms with Gasteiger partial charge in [0.05, 0.1) is 12.0 Å². The molecule has 1 aromatic heterocycles. The summed E-state index contributed by atoms with van der Waals surface area (Å²) in [6, 6.07) is 4.68. The first-order valence-electron chi connectivity index (χ1n) is 8.48. The van der Waals surface area contributed by atoms with Crippen molar-refractivity contribution in [3.8, 4) is 11.4 Å². The predicted octanol–water partition coefficient (Wildman–Crippen LogP) is 1.39. The number of methoxy groups -OCH3 is 1. The minimum Gasteiger partial charge on any atom is -0.494 e. The Kier molecular flexibility index (Phi) is 4.20. The van der Waals surface area contributed by atoms with Crippen molar-refractivity contribution in [2.24, 2.45) is 17.8 Å². The zero-order valence-electron chi connectivity index (χ0n) is 14.0. The van der Waals surface area contributed by atoms with Crippen LogP contribution in [0.2, 0.25) is 0 Å². The predicted molar refractivity (Wildman–Crippen MR) is 89.8 cm³/mol. The molecule has 0 spiro atoms. The van der Waals surface area contributed by atoms with Crippen LogP contribution in [0.15, 0.2) is 29.4 Å². The Labute approximate surface area is 146 Å². The fourth-order valence-corrected chi connectivity index (χ4v) is 5.33. The van der Waals surface area contributed by atoms with E-state index in [1.165, 1.54) is 49.5 Å². The monoisotopic (exact) mass is 363 g/mol. The van der Waals surface area contributed by atoms with Crippen LogP contribution in [-0.4, -0.2) is 42.3 Å². The highest BCUT2D eigenvalue weighted by atomic mass is 32.2. The van der Waals surface area contributed by atoms with Crippen molar-refractivity contribution in [2.75, 3.05) is 13.7 Å². The first-order chi connectivity index (χ1) is 12.1. The summed E-state index contributed by atoms with van der Waals surface area (Å²) >= 11 is 0. The summed E-state index contributed by atoms with van der Waals surface area (Å²) in [5, 5.41) is 11.0. The normalized spacial score (nSPS) is 25.4. The zero-order valence-corrected chi connectivity index (χ0v) is 14.8. The molecule has 1 N–H and O–H groups in total. The van der Waals surface area contributed by atoms with Crippen molar-refractivity contribution in [3.63, 3.8) is 0 Å². The number of sulfonamides is 1. The van der Waals surface area contributed by atoms with Crippen molar-refractivity contribution in [1.29, 1.82) is 0 Å². The van der Waals surface area contributed by atoms with Gasteiger partial charge >= 0.3 is 0 Å². The van der Waals surface area contributed by atoms with E-state index < -0.39 is 10.0 Å². The molecule has 0 saturated heterocycles. The standard InChI is InChI=1S/C16H21N5O3S/c1-24-16-5-4-14(8-15(16)21-10-17-19-20-21)25(22,23)18-9-13-7-11-2-3-12(13)6-11/h4-5,8,10-13,18H,2-3,6-7,9H2,1H3/t11-,12-,13-/m0/s1. The maximum absolute atomic E-state index is 12.7. The smallest absolute Gasteiger partial charge is 0.240 e. The molecule has 8 nitrogen and oxygen atoms in total. The number of aromatic nitrogens is 4. The number of tetrazole rings is 1. The molecule has 0 aliphatic heterocycles. The lowest BCUT2D eigenvalue weighted by molar-refractivity contribution is 0.333. The Balaban J connectivity index is 1.54. The van der Waals surface area contributed by atoms with Crippen LogP contribution >= 0.6 is 0 Å². The largest absolute Gasteiger partial charge is 0.494 e. The van der Waals surface area contributed by atoms with Crippen LogP contribution in [0.1, 0.15) is 25.7 Å². The molecule has 9 heteroatoms. The highest BCUT2D eigenvalue weighted by molar-refractivity contribution is 7.89. The third kappa shape index (κ3) is 3.13. The lowest BCUT2D eigenvalue weighted by Gasteiger charge is -2.22. The third-order valence-electron chi connectivity index (χ3n) is 5.48. The number of fused-ring (bicyclic) bond motifs is 2. The molecule has 0 radical (unpaired) electrons. The van der Waals surface area contributed by atoms with Crippen molar-refractivity contribution in [3.05, 3.63) is 24.5 Å². The third-order valence-corrected chi connectivity index (χ3v) is 6.90. The van der Waals surface area contributed by atoms with Gasteiger partial charge in [-0.1, -0.05) is 6.42 Å². The van der Waals surface area contributed by atoms with E-state index >= 15 is 0 Å². The number of nitrogens with zero attached hydrogens (tertiary/aromatic N) is 4. The van der Waals surface area contributed by atoms with Gasteiger partial charge in [-0.2, -0.15) is 4.68 Å². The number of ether oxygens (including phenoxy) is 1. The Morgan fingerprint density at radius 3 is 2.84 bits per heavy atom. The minimum absolute atomic E-state index is 0.182. The molecule has 2 aliphatic rings. The van der Waals surface area contributed by atoms with Gasteiger partial charge in [0.1, 0.15) is 17.8 Å². The highest BCUT2D eigenvalue weighted by Crippen LogP contribution is 2.48. The van der Waals surface area contributed by atoms with Crippen LogP contribution in [0.25, 0.3) is 5.69 Å². The molecule has 25 heavy (non-hydrogen) atoms. The molecule has 2 saturated carbocycles. The number of benzene rings is 1. The van der Waals surface area contributed by atoms with Crippen LogP contribution in [0, 0.1) is 17.8 Å². The lowest BCUT2D eigenvalue weighted by atomic mass is 9.89. The summed E-state index contributed by atoms with van der Waals surface area (Å²) < 4.78 is 34.9. The molecule has 2 aromatic rings. The van der Waals surface area contributed by atoms with Gasteiger partial charge < -0.3 is 4.74 Å². The topological polar surface area (TPSA) is 99.0 Å². The van der Waals surface area contributed by atoms with E-state index in [0.717, 1.165) is 12.3 Å². The van der Waals surface area contributed by atoms with Gasteiger partial charge in [0, 0.05) is 6.54 Å². The minimum atomic E-state index is -3.59. The average molecular weight is 363 g/mol. The molecular weight excluding hydrogens is 342 g/mol. The molecule has 0 amide bonds. The zero-order chi connectivity index (χ0) is 17.4. The summed E-state index contributed by atoms with van der Waals surface area (Å²) in [6.07, 6.45) is 6.35. The highest BCUT2D eigenvalue weighted by Gasteiger charge is 2.39. The van der Waals surface area contributed by atoms with Gasteiger partial charge in [-0.15, -0.1) is 5.10 Å². The van der Waals surface area contributed by atoms with Crippen LogP contribution in [-0.2, 0) is 10.0 Å². The van der Waals surface area contributed by atoms with Crippen LogP contribution in [0.5, 0.6) is 5.75 Å². The van der Waals surface area contributed by atoms with Gasteiger partial charge in [0.25, 0.3) is 0 Å². The second kappa shape index (κ2) is 6.38. The molecule has 2 bridgehead atoms. The van der Waals surface area contributed by atoms with E-state index in [-0.39, 0.29) is 4.90 Å². The van der Waals surface area contributed by atoms with E-state index in [1.807, 2.05) is 0 Å². The molecule has 3 atom stereocenters. The first kappa shape index (κ1) is 16.5. The summed E-state index contributed by atoms with van der Waals surface area (Å²) in [7, 11) is -2.07. The van der Waals surface area contributed by atoms with E-state index in [4.69, 9.17) is 4.74 Å². The number of hydrogen-bond donors (Lipinski definition) is 1. The van der Waals surface area contributed by atoms with E-state index in [0.29, 0.717) is 29.8 Å². The van der Waals surface area contributed by atoms with Gasteiger partial charge in [0.15, 0.2) is 0 Å². The van der Waals surface area contributed by atoms with Crippen molar-refractivity contribution < 1.29 is 13.2 Å². The Bertz CT molecular complexity index is 853. The number of hydrogen-bond acceptors (Lipinski definition) is 6. The van der Waals surface area contributed by atoms with Gasteiger partial charge in [-0.25, -0.2) is 13.1 Å². The fraction of sp³-hybridized carbons (Fsp3) is 0.562. The molecule has 1 heterocycles. The first-order valence-corrected chi connectivity index (χ1v) is 9.96. The molecule has 134 valence electrons. The molecular formula is C16H21N5O3S. The SMILES string of the molecule is COc1ccc(S(=O)(=O)NC[C@@H]2C[C@H]3CC[C@H]2C3)cc1-n1cnnn1. The molecule has 2 fully saturated rings. The van der Waals surface area contributed by atoms with Gasteiger partial charge in [0.2, 0.25) is 10.0 Å². The Morgan fingerprint density at radius 2 is 2.20 bits per heavy atom. The van der Waals surface area contributed by atoms with Gasteiger partial charge in [-0.05, 0) is 65.6 Å². The van der Waals surface area contributed by atoms with Crippen molar-refractivity contribution in [1.82, 2.24) is 24.9 Å². The molecule has 1 aromatic carbocycles. The summed E-state index contributed by atoms with van der Waals surface area (Å²) in [6.45, 7) is 0.510. The summed E-state index contributed by atoms with van der Waals surface area (Å²) in [5.41, 5.74) is 0.482. The molecule has 2 aliphatic carbocycles. The number of rotatable bonds is 6. The van der Waals surface area contributed by atoms with E-state index in [9.17, 15) is 8.42 Å². The maximum atomic E-state index is 12.7. The molecule has 4 rings (SSSR count). The average Bonchev–Trinajstić information content (AvgIpc) is 3.36. The van der Waals surface area contributed by atoms with Crippen LogP contribution in [0.3, 0.4) is 0 Å². The van der Waals surface area contributed by atoms with Crippen LogP contribution < -0.4 is 9.46 Å². The van der Waals surface area contributed by atoms with Crippen molar-refractivity contribution in [2.45, 2.75) is 30.6 Å². The lowest BCUT2D eigenvalue weighted by Crippen LogP contribution is -2.31. The van der Waals surface area contributed by atoms with Crippen molar-refractivity contribution >= 4 is 10.0 Å². The molecule has 0 unspecified atom stereocenters. The number of nitrogens with one attached hydrogen (secondary N) is 1. The maximum Gasteiger partial charge on any atom is 0.240 e. The van der Waals surface area contributed by atoms with E-state index in [1.54, 1.807) is 6.07 Å². The second-order valence-electron chi connectivity index (χ2n) is 6.87. The Morgan fingerprint density at radius 1 is 1.32 bits per heavy atom. The fourth-order valence-electron chi connectivity index (χ4n) is 4.21. The van der Waals surface area contributed by atoms with Crippen LogP contribution in [0.4, 0.5) is 0 Å². The second-order valence-corrected chi connectivity index (χ2v) is 8.64.